The van der Waals surface area contributed by atoms with Gasteiger partial charge in [-0.3, -0.25) is 14.5 Å². The van der Waals surface area contributed by atoms with Gasteiger partial charge in [-0.05, 0) is 29.7 Å². The number of carbonyl (C=O) groups excluding carboxylic acids is 2. The molecule has 2 aromatic rings. The van der Waals surface area contributed by atoms with Crippen molar-refractivity contribution in [3.63, 3.8) is 0 Å². The van der Waals surface area contributed by atoms with Gasteiger partial charge < -0.3 is 0 Å². The highest BCUT2D eigenvalue weighted by Gasteiger charge is 2.37. The van der Waals surface area contributed by atoms with E-state index in [0.717, 1.165) is 10.5 Å². The number of hydrogen-bond donors (Lipinski definition) is 0. The van der Waals surface area contributed by atoms with E-state index < -0.39 is 17.6 Å². The normalized spacial score (nSPS) is 14.8. The van der Waals surface area contributed by atoms with Gasteiger partial charge in [0.1, 0.15) is 10.8 Å². The van der Waals surface area contributed by atoms with Crippen molar-refractivity contribution in [3.8, 4) is 0 Å². The molecule has 1 aliphatic rings. The number of benzene rings is 2. The molecule has 3 nitrogen and oxygen atoms in total. The van der Waals surface area contributed by atoms with Gasteiger partial charge >= 0.3 is 0 Å². The summed E-state index contributed by atoms with van der Waals surface area (Å²) in [5.41, 5.74) is 1.60. The van der Waals surface area contributed by atoms with E-state index in [-0.39, 0.29) is 17.2 Å². The van der Waals surface area contributed by atoms with Crippen LogP contribution in [0.5, 0.6) is 0 Å². The molecule has 0 saturated heterocycles. The summed E-state index contributed by atoms with van der Waals surface area (Å²) in [6.07, 6.45) is 0.555. The molecular formula is C18H13ClFNO2. The fourth-order valence-corrected chi connectivity index (χ4v) is 2.79. The third kappa shape index (κ3) is 3.03. The maximum absolute atomic E-state index is 13.0. The summed E-state index contributed by atoms with van der Waals surface area (Å²) in [5, 5.41) is -0.116. The van der Waals surface area contributed by atoms with E-state index in [0.29, 0.717) is 12.0 Å². The number of amides is 2. The van der Waals surface area contributed by atoms with Crippen molar-refractivity contribution in [1.82, 2.24) is 4.90 Å². The first-order chi connectivity index (χ1) is 11.1. The molecule has 0 saturated carbocycles. The lowest BCUT2D eigenvalue weighted by molar-refractivity contribution is -0.136. The number of rotatable bonds is 4. The minimum Gasteiger partial charge on any atom is -0.273 e. The molecule has 1 heterocycles. The predicted octanol–water partition coefficient (Wildman–Crippen LogP) is 3.39. The quantitative estimate of drug-likeness (QED) is 0.806. The van der Waals surface area contributed by atoms with Crippen LogP contribution >= 0.6 is 11.6 Å². The largest absolute Gasteiger partial charge is 0.273 e. The lowest BCUT2D eigenvalue weighted by Gasteiger charge is -2.14. The van der Waals surface area contributed by atoms with Crippen LogP contribution in [0.4, 0.5) is 4.39 Å². The molecule has 116 valence electrons. The maximum Gasteiger partial charge on any atom is 0.273 e. The molecule has 0 fully saturated rings. The van der Waals surface area contributed by atoms with E-state index in [9.17, 15) is 14.0 Å². The Kier molecular flexibility index (Phi) is 4.26. The lowest BCUT2D eigenvalue weighted by atomic mass is 10.1. The second-order valence-corrected chi connectivity index (χ2v) is 5.57. The molecule has 0 spiro atoms. The standard InChI is InChI=1S/C18H13ClFNO2/c19-16-15(13-6-8-14(20)9-7-13)17(22)21(18(16)23)11-10-12-4-2-1-3-5-12/h1-9H,10-11H2. The molecule has 0 aliphatic carbocycles. The highest BCUT2D eigenvalue weighted by molar-refractivity contribution is 6.55. The SMILES string of the molecule is O=C1C(Cl)=C(c2ccc(F)cc2)C(=O)N1CCc1ccccc1. The van der Waals surface area contributed by atoms with E-state index in [4.69, 9.17) is 11.6 Å². The Balaban J connectivity index is 1.80. The third-order valence-corrected chi connectivity index (χ3v) is 4.06. The summed E-state index contributed by atoms with van der Waals surface area (Å²) in [7, 11) is 0. The molecule has 23 heavy (non-hydrogen) atoms. The average Bonchev–Trinajstić information content (AvgIpc) is 2.78. The van der Waals surface area contributed by atoms with Crippen LogP contribution in [-0.4, -0.2) is 23.3 Å². The molecule has 0 radical (unpaired) electrons. The zero-order chi connectivity index (χ0) is 16.4. The second-order valence-electron chi connectivity index (χ2n) is 5.19. The molecule has 2 aromatic carbocycles. The van der Waals surface area contributed by atoms with E-state index in [1.165, 1.54) is 24.3 Å². The van der Waals surface area contributed by atoms with E-state index in [1.807, 2.05) is 30.3 Å². The van der Waals surface area contributed by atoms with Crippen molar-refractivity contribution in [3.05, 3.63) is 76.6 Å². The van der Waals surface area contributed by atoms with Crippen LogP contribution in [0.2, 0.25) is 0 Å². The first-order valence-corrected chi connectivity index (χ1v) is 7.51. The summed E-state index contributed by atoms with van der Waals surface area (Å²) in [5.74, 6) is -1.36. The van der Waals surface area contributed by atoms with Crippen molar-refractivity contribution in [2.24, 2.45) is 0 Å². The molecule has 1 aliphatic heterocycles. The summed E-state index contributed by atoms with van der Waals surface area (Å²) in [6.45, 7) is 0.253. The van der Waals surface area contributed by atoms with E-state index in [2.05, 4.69) is 0 Å². The Morgan fingerprint density at radius 1 is 0.913 bits per heavy atom. The van der Waals surface area contributed by atoms with Crippen molar-refractivity contribution >= 4 is 29.0 Å². The van der Waals surface area contributed by atoms with Crippen LogP contribution in [-0.2, 0) is 16.0 Å². The molecule has 2 amide bonds. The zero-order valence-corrected chi connectivity index (χ0v) is 12.9. The summed E-state index contributed by atoms with van der Waals surface area (Å²) >= 11 is 6.05. The molecule has 0 bridgehead atoms. The number of carbonyl (C=O) groups is 2. The molecular weight excluding hydrogens is 317 g/mol. The first kappa shape index (κ1) is 15.4. The monoisotopic (exact) mass is 329 g/mol. The highest BCUT2D eigenvalue weighted by Crippen LogP contribution is 2.31. The van der Waals surface area contributed by atoms with Gasteiger partial charge in [-0.15, -0.1) is 0 Å². The van der Waals surface area contributed by atoms with Gasteiger partial charge in [0.05, 0.1) is 5.57 Å². The average molecular weight is 330 g/mol. The summed E-state index contributed by atoms with van der Waals surface area (Å²) in [4.78, 5) is 25.9. The number of hydrogen-bond acceptors (Lipinski definition) is 2. The molecule has 0 aromatic heterocycles. The van der Waals surface area contributed by atoms with Crippen LogP contribution in [0.25, 0.3) is 5.57 Å². The Morgan fingerprint density at radius 3 is 2.22 bits per heavy atom. The summed E-state index contributed by atoms with van der Waals surface area (Å²) in [6, 6.07) is 14.9. The maximum atomic E-state index is 13.0. The molecule has 0 atom stereocenters. The van der Waals surface area contributed by atoms with Gasteiger partial charge in [-0.2, -0.15) is 0 Å². The Labute approximate surface area is 138 Å². The van der Waals surface area contributed by atoms with Crippen LogP contribution in [0, 0.1) is 5.82 Å². The predicted molar refractivity (Wildman–Crippen MR) is 86.0 cm³/mol. The lowest BCUT2D eigenvalue weighted by Crippen LogP contribution is -2.33. The third-order valence-electron chi connectivity index (χ3n) is 3.71. The highest BCUT2D eigenvalue weighted by atomic mass is 35.5. The van der Waals surface area contributed by atoms with Gasteiger partial charge in [-0.25, -0.2) is 4.39 Å². The number of halogens is 2. The van der Waals surface area contributed by atoms with E-state index in [1.54, 1.807) is 0 Å². The van der Waals surface area contributed by atoms with Gasteiger partial charge in [0.25, 0.3) is 11.8 Å². The molecule has 5 heteroatoms. The smallest absolute Gasteiger partial charge is 0.273 e. The Bertz CT molecular complexity index is 784. The van der Waals surface area contributed by atoms with E-state index >= 15 is 0 Å². The minimum atomic E-state index is -0.507. The van der Waals surface area contributed by atoms with Crippen LogP contribution < -0.4 is 0 Å². The minimum absolute atomic E-state index is 0.116. The first-order valence-electron chi connectivity index (χ1n) is 7.14. The number of nitrogens with zero attached hydrogens (tertiary/aromatic N) is 1. The van der Waals surface area contributed by atoms with Crippen LogP contribution in [0.1, 0.15) is 11.1 Å². The van der Waals surface area contributed by atoms with Crippen molar-refractivity contribution in [2.75, 3.05) is 6.54 Å². The molecule has 3 rings (SSSR count). The summed E-state index contributed by atoms with van der Waals surface area (Å²) < 4.78 is 13.0. The Morgan fingerprint density at radius 2 is 1.57 bits per heavy atom. The van der Waals surface area contributed by atoms with Gasteiger partial charge in [0, 0.05) is 6.54 Å². The zero-order valence-electron chi connectivity index (χ0n) is 12.1. The van der Waals surface area contributed by atoms with Gasteiger partial charge in [0.2, 0.25) is 0 Å². The van der Waals surface area contributed by atoms with Crippen molar-refractivity contribution in [2.45, 2.75) is 6.42 Å². The second kappa shape index (κ2) is 6.34. The molecule has 0 N–H and O–H groups in total. The number of imide groups is 1. The van der Waals surface area contributed by atoms with Crippen LogP contribution in [0.3, 0.4) is 0 Å². The molecule has 0 unspecified atom stereocenters. The topological polar surface area (TPSA) is 37.4 Å². The fraction of sp³-hybridized carbons (Fsp3) is 0.111. The Hall–Kier alpha value is -2.46. The van der Waals surface area contributed by atoms with Crippen LogP contribution in [0.15, 0.2) is 59.6 Å². The van der Waals surface area contributed by atoms with Crippen molar-refractivity contribution in [1.29, 1.82) is 0 Å². The van der Waals surface area contributed by atoms with Gasteiger partial charge in [0.15, 0.2) is 0 Å². The van der Waals surface area contributed by atoms with Gasteiger partial charge in [-0.1, -0.05) is 54.1 Å². The fourth-order valence-electron chi connectivity index (χ4n) is 2.50. The van der Waals surface area contributed by atoms with Crippen molar-refractivity contribution < 1.29 is 14.0 Å².